The van der Waals surface area contributed by atoms with E-state index in [2.05, 4.69) is 5.32 Å². The maximum Gasteiger partial charge on any atom is 0.319 e. The van der Waals surface area contributed by atoms with Crippen LogP contribution in [0, 0.1) is 0 Å². The van der Waals surface area contributed by atoms with Gasteiger partial charge in [-0.15, -0.1) is 11.3 Å². The lowest BCUT2D eigenvalue weighted by atomic mass is 10.1. The second-order valence-corrected chi connectivity index (χ2v) is 6.39. The van der Waals surface area contributed by atoms with Gasteiger partial charge >= 0.3 is 6.03 Å². The standard InChI is InChI=1S/C15H23N3O3S/c1-17(2)15(20)18(12-5-9-21-10-6-12)8-7-16-14(19)13-4-3-11-22-13/h3-4,11-12H,5-10H2,1-2H3,(H,16,19). The summed E-state index contributed by atoms with van der Waals surface area (Å²) in [6, 6.07) is 3.81. The average molecular weight is 325 g/mol. The highest BCUT2D eigenvalue weighted by atomic mass is 32.1. The fraction of sp³-hybridized carbons (Fsp3) is 0.600. The first-order valence-electron chi connectivity index (χ1n) is 7.47. The number of hydrogen-bond acceptors (Lipinski definition) is 4. The molecule has 0 atom stereocenters. The van der Waals surface area contributed by atoms with Gasteiger partial charge in [-0.3, -0.25) is 4.79 Å². The Morgan fingerprint density at radius 1 is 1.36 bits per heavy atom. The molecule has 0 bridgehead atoms. The van der Waals surface area contributed by atoms with Crippen molar-refractivity contribution in [1.29, 1.82) is 0 Å². The first-order chi connectivity index (χ1) is 10.6. The molecule has 22 heavy (non-hydrogen) atoms. The number of carbonyl (C=O) groups is 2. The predicted octanol–water partition coefficient (Wildman–Crippen LogP) is 1.64. The fourth-order valence-electron chi connectivity index (χ4n) is 2.47. The second-order valence-electron chi connectivity index (χ2n) is 5.45. The number of nitrogens with one attached hydrogen (secondary N) is 1. The van der Waals surface area contributed by atoms with Gasteiger partial charge in [0.15, 0.2) is 0 Å². The molecular formula is C15H23N3O3S. The van der Waals surface area contributed by atoms with Crippen molar-refractivity contribution in [2.45, 2.75) is 18.9 Å². The number of amides is 3. The summed E-state index contributed by atoms with van der Waals surface area (Å²) in [6.07, 6.45) is 1.69. The topological polar surface area (TPSA) is 61.9 Å². The molecule has 2 rings (SSSR count). The predicted molar refractivity (Wildman–Crippen MR) is 86.3 cm³/mol. The molecule has 0 saturated carbocycles. The quantitative estimate of drug-likeness (QED) is 0.895. The highest BCUT2D eigenvalue weighted by molar-refractivity contribution is 7.12. The largest absolute Gasteiger partial charge is 0.381 e. The lowest BCUT2D eigenvalue weighted by molar-refractivity contribution is 0.0415. The Bertz CT molecular complexity index is 484. The Morgan fingerprint density at radius 3 is 2.68 bits per heavy atom. The van der Waals surface area contributed by atoms with Crippen LogP contribution in [-0.4, -0.2) is 68.2 Å². The van der Waals surface area contributed by atoms with E-state index in [0.29, 0.717) is 31.2 Å². The fourth-order valence-corrected chi connectivity index (χ4v) is 3.11. The zero-order valence-electron chi connectivity index (χ0n) is 13.1. The Hall–Kier alpha value is -1.60. The van der Waals surface area contributed by atoms with E-state index in [4.69, 9.17) is 4.74 Å². The maximum absolute atomic E-state index is 12.3. The van der Waals surface area contributed by atoms with Gasteiger partial charge in [-0.05, 0) is 24.3 Å². The molecule has 0 aliphatic carbocycles. The summed E-state index contributed by atoms with van der Waals surface area (Å²) < 4.78 is 5.36. The van der Waals surface area contributed by atoms with Crippen molar-refractivity contribution in [3.05, 3.63) is 22.4 Å². The second kappa shape index (κ2) is 8.14. The molecule has 1 aromatic heterocycles. The van der Waals surface area contributed by atoms with Crippen LogP contribution < -0.4 is 5.32 Å². The number of thiophene rings is 1. The van der Waals surface area contributed by atoms with Gasteiger partial charge in [-0.2, -0.15) is 0 Å². The lowest BCUT2D eigenvalue weighted by Crippen LogP contribution is -2.50. The number of ether oxygens (including phenoxy) is 1. The molecule has 3 amide bonds. The Balaban J connectivity index is 1.88. The van der Waals surface area contributed by atoms with E-state index < -0.39 is 0 Å². The van der Waals surface area contributed by atoms with Crippen molar-refractivity contribution < 1.29 is 14.3 Å². The van der Waals surface area contributed by atoms with Gasteiger partial charge in [-0.25, -0.2) is 4.79 Å². The van der Waals surface area contributed by atoms with Gasteiger partial charge in [-0.1, -0.05) is 6.07 Å². The van der Waals surface area contributed by atoms with Crippen molar-refractivity contribution in [3.63, 3.8) is 0 Å². The van der Waals surface area contributed by atoms with Crippen LogP contribution in [-0.2, 0) is 4.74 Å². The highest BCUT2D eigenvalue weighted by Gasteiger charge is 2.26. The van der Waals surface area contributed by atoms with Crippen LogP contribution in [0.4, 0.5) is 4.79 Å². The number of urea groups is 1. The summed E-state index contributed by atoms with van der Waals surface area (Å²) in [5.74, 6) is -0.0840. The van der Waals surface area contributed by atoms with Crippen LogP contribution in [0.2, 0.25) is 0 Å². The molecule has 1 aromatic rings. The van der Waals surface area contributed by atoms with Gasteiger partial charge in [0.05, 0.1) is 4.88 Å². The van der Waals surface area contributed by atoms with Crippen LogP contribution in [0.5, 0.6) is 0 Å². The minimum absolute atomic E-state index is 0.0164. The zero-order valence-corrected chi connectivity index (χ0v) is 13.9. The summed E-state index contributed by atoms with van der Waals surface area (Å²) >= 11 is 1.41. The molecule has 0 unspecified atom stereocenters. The van der Waals surface area contributed by atoms with Crippen molar-refractivity contribution >= 4 is 23.3 Å². The molecule has 1 fully saturated rings. The van der Waals surface area contributed by atoms with E-state index in [1.165, 1.54) is 11.3 Å². The molecule has 0 spiro atoms. The van der Waals surface area contributed by atoms with Crippen LogP contribution in [0.15, 0.2) is 17.5 Å². The first-order valence-corrected chi connectivity index (χ1v) is 8.35. The van der Waals surface area contributed by atoms with Gasteiger partial charge in [0.2, 0.25) is 0 Å². The van der Waals surface area contributed by atoms with Gasteiger partial charge < -0.3 is 19.9 Å². The molecule has 2 heterocycles. The zero-order chi connectivity index (χ0) is 15.9. The highest BCUT2D eigenvalue weighted by Crippen LogP contribution is 2.15. The van der Waals surface area contributed by atoms with E-state index in [9.17, 15) is 9.59 Å². The normalized spacial score (nSPS) is 15.4. The SMILES string of the molecule is CN(C)C(=O)N(CCNC(=O)c1cccs1)C1CCOCC1. The Morgan fingerprint density at radius 2 is 2.09 bits per heavy atom. The minimum Gasteiger partial charge on any atom is -0.381 e. The summed E-state index contributed by atoms with van der Waals surface area (Å²) in [4.78, 5) is 28.4. The van der Waals surface area contributed by atoms with E-state index in [0.717, 1.165) is 12.8 Å². The molecule has 0 aromatic carbocycles. The van der Waals surface area contributed by atoms with E-state index in [1.807, 2.05) is 16.3 Å². The lowest BCUT2D eigenvalue weighted by Gasteiger charge is -2.36. The molecule has 6 nitrogen and oxygen atoms in total. The minimum atomic E-state index is -0.0840. The number of nitrogens with zero attached hydrogens (tertiary/aromatic N) is 2. The third kappa shape index (κ3) is 4.45. The molecule has 7 heteroatoms. The molecule has 0 radical (unpaired) electrons. The summed E-state index contributed by atoms with van der Waals surface area (Å²) in [6.45, 7) is 2.33. The van der Waals surface area contributed by atoms with Crippen molar-refractivity contribution in [3.8, 4) is 0 Å². The average Bonchev–Trinajstić information content (AvgIpc) is 3.06. The smallest absolute Gasteiger partial charge is 0.319 e. The monoisotopic (exact) mass is 325 g/mol. The molecule has 1 N–H and O–H groups in total. The van der Waals surface area contributed by atoms with Crippen LogP contribution >= 0.6 is 11.3 Å². The van der Waals surface area contributed by atoms with Gasteiger partial charge in [0, 0.05) is 46.4 Å². The Kier molecular flexibility index (Phi) is 6.21. The van der Waals surface area contributed by atoms with Crippen LogP contribution in [0.25, 0.3) is 0 Å². The number of hydrogen-bond donors (Lipinski definition) is 1. The summed E-state index contributed by atoms with van der Waals surface area (Å²) in [5, 5.41) is 4.75. The van der Waals surface area contributed by atoms with Crippen molar-refractivity contribution in [2.24, 2.45) is 0 Å². The van der Waals surface area contributed by atoms with Gasteiger partial charge in [0.25, 0.3) is 5.91 Å². The third-order valence-electron chi connectivity index (χ3n) is 3.64. The summed E-state index contributed by atoms with van der Waals surface area (Å²) in [5.41, 5.74) is 0. The molecule has 1 aliphatic rings. The number of carbonyl (C=O) groups excluding carboxylic acids is 2. The maximum atomic E-state index is 12.3. The molecule has 122 valence electrons. The van der Waals surface area contributed by atoms with Crippen LogP contribution in [0.3, 0.4) is 0 Å². The third-order valence-corrected chi connectivity index (χ3v) is 4.51. The van der Waals surface area contributed by atoms with Crippen molar-refractivity contribution in [1.82, 2.24) is 15.1 Å². The number of rotatable bonds is 5. The molecule has 1 saturated heterocycles. The van der Waals surface area contributed by atoms with E-state index in [1.54, 1.807) is 25.1 Å². The van der Waals surface area contributed by atoms with Gasteiger partial charge in [0.1, 0.15) is 0 Å². The first kappa shape index (κ1) is 16.8. The van der Waals surface area contributed by atoms with Crippen LogP contribution in [0.1, 0.15) is 22.5 Å². The summed E-state index contributed by atoms with van der Waals surface area (Å²) in [7, 11) is 3.50. The van der Waals surface area contributed by atoms with E-state index in [-0.39, 0.29) is 18.0 Å². The van der Waals surface area contributed by atoms with Crippen molar-refractivity contribution in [2.75, 3.05) is 40.4 Å². The Labute approximate surface area is 135 Å². The molecular weight excluding hydrogens is 302 g/mol. The molecule has 1 aliphatic heterocycles. The van der Waals surface area contributed by atoms with E-state index >= 15 is 0 Å².